The molecule has 1 rings (SSSR count). The largest absolute Gasteiger partial charge is 0.497 e. The summed E-state index contributed by atoms with van der Waals surface area (Å²) in [5, 5.41) is 2.43. The van der Waals surface area contributed by atoms with Crippen LogP contribution in [0.3, 0.4) is 0 Å². The van der Waals surface area contributed by atoms with Gasteiger partial charge in [-0.15, -0.1) is 0 Å². The first-order chi connectivity index (χ1) is 7.31. The van der Waals surface area contributed by atoms with Crippen molar-refractivity contribution in [3.8, 4) is 11.5 Å². The van der Waals surface area contributed by atoms with E-state index in [9.17, 15) is 4.79 Å². The number of nitrogens with one attached hydrogen (secondary N) is 1. The highest BCUT2D eigenvalue weighted by Gasteiger charge is 2.01. The minimum absolute atomic E-state index is 0.604. The monoisotopic (exact) mass is 207 g/mol. The second-order valence-corrected chi connectivity index (χ2v) is 2.73. The van der Waals surface area contributed by atoms with E-state index in [0.717, 1.165) is 11.3 Å². The molecular weight excluding hydrogens is 194 g/mol. The summed E-state index contributed by atoms with van der Waals surface area (Å²) in [5.74, 6) is 1.42. The highest BCUT2D eigenvalue weighted by molar-refractivity contribution is 5.61. The summed E-state index contributed by atoms with van der Waals surface area (Å²) >= 11 is 0. The Balaban J connectivity index is 2.91. The van der Waals surface area contributed by atoms with Gasteiger partial charge in [-0.3, -0.25) is 4.79 Å². The Bertz CT molecular complexity index is 361. The van der Waals surface area contributed by atoms with Crippen LogP contribution in [0, 0.1) is 0 Å². The lowest BCUT2D eigenvalue weighted by Crippen LogP contribution is -1.98. The van der Waals surface area contributed by atoms with E-state index >= 15 is 0 Å². The van der Waals surface area contributed by atoms with Gasteiger partial charge in [0.25, 0.3) is 0 Å². The smallest absolute Gasteiger partial charge is 0.211 e. The molecule has 0 atom stereocenters. The van der Waals surface area contributed by atoms with E-state index in [4.69, 9.17) is 9.47 Å². The molecule has 0 aliphatic rings. The molecule has 15 heavy (non-hydrogen) atoms. The molecule has 80 valence electrons. The SMILES string of the molecule is COc1ccc(C=CNC=O)c(OC)c1. The van der Waals surface area contributed by atoms with Gasteiger partial charge in [0.1, 0.15) is 11.5 Å². The van der Waals surface area contributed by atoms with Crippen LogP contribution in [-0.4, -0.2) is 20.6 Å². The van der Waals surface area contributed by atoms with Crippen LogP contribution in [0.15, 0.2) is 24.4 Å². The van der Waals surface area contributed by atoms with Crippen molar-refractivity contribution < 1.29 is 14.3 Å². The third-order valence-corrected chi connectivity index (χ3v) is 1.87. The topological polar surface area (TPSA) is 47.6 Å². The molecule has 1 aromatic carbocycles. The maximum absolute atomic E-state index is 10.0. The molecule has 0 aromatic heterocycles. The summed E-state index contributed by atoms with van der Waals surface area (Å²) < 4.78 is 10.2. The number of hydrogen-bond donors (Lipinski definition) is 1. The fraction of sp³-hybridized carbons (Fsp3) is 0.182. The zero-order valence-electron chi connectivity index (χ0n) is 8.69. The number of carbonyl (C=O) groups excluding carboxylic acids is 1. The van der Waals surface area contributed by atoms with Crippen molar-refractivity contribution in [2.75, 3.05) is 14.2 Å². The van der Waals surface area contributed by atoms with Crippen molar-refractivity contribution in [1.29, 1.82) is 0 Å². The third-order valence-electron chi connectivity index (χ3n) is 1.87. The zero-order chi connectivity index (χ0) is 11.1. The molecule has 0 unspecified atom stereocenters. The van der Waals surface area contributed by atoms with E-state index in [2.05, 4.69) is 5.32 Å². The molecule has 4 heteroatoms. The standard InChI is InChI=1S/C11H13NO3/c1-14-10-4-3-9(5-6-12-8-13)11(7-10)15-2/h3-8H,1-2H3,(H,12,13). The molecule has 1 N–H and O–H groups in total. The van der Waals surface area contributed by atoms with Crippen molar-refractivity contribution in [2.45, 2.75) is 0 Å². The number of benzene rings is 1. The molecule has 0 fully saturated rings. The lowest BCUT2D eigenvalue weighted by Gasteiger charge is -2.06. The molecule has 1 aromatic rings. The molecule has 0 heterocycles. The Morgan fingerprint density at radius 1 is 1.27 bits per heavy atom. The molecule has 0 saturated carbocycles. The van der Waals surface area contributed by atoms with Crippen LogP contribution in [0.4, 0.5) is 0 Å². The van der Waals surface area contributed by atoms with E-state index in [0.29, 0.717) is 12.2 Å². The average Bonchev–Trinajstić information content (AvgIpc) is 2.29. The molecular formula is C11H13NO3. The highest BCUT2D eigenvalue weighted by Crippen LogP contribution is 2.25. The summed E-state index contributed by atoms with van der Waals surface area (Å²) in [4.78, 5) is 10.0. The lowest BCUT2D eigenvalue weighted by molar-refractivity contribution is -0.108. The number of amides is 1. The van der Waals surface area contributed by atoms with Gasteiger partial charge in [0.2, 0.25) is 6.41 Å². The van der Waals surface area contributed by atoms with E-state index in [1.54, 1.807) is 26.4 Å². The maximum Gasteiger partial charge on any atom is 0.211 e. The van der Waals surface area contributed by atoms with Gasteiger partial charge in [-0.2, -0.15) is 0 Å². The maximum atomic E-state index is 10.0. The number of carbonyl (C=O) groups is 1. The van der Waals surface area contributed by atoms with Gasteiger partial charge in [0.05, 0.1) is 14.2 Å². The minimum Gasteiger partial charge on any atom is -0.497 e. The van der Waals surface area contributed by atoms with Crippen LogP contribution < -0.4 is 14.8 Å². The second-order valence-electron chi connectivity index (χ2n) is 2.73. The average molecular weight is 207 g/mol. The van der Waals surface area contributed by atoms with E-state index < -0.39 is 0 Å². The lowest BCUT2D eigenvalue weighted by atomic mass is 10.2. The Hall–Kier alpha value is -1.97. The number of hydrogen-bond acceptors (Lipinski definition) is 3. The van der Waals surface area contributed by atoms with E-state index in [-0.39, 0.29) is 0 Å². The van der Waals surface area contributed by atoms with Crippen molar-refractivity contribution in [1.82, 2.24) is 5.32 Å². The van der Waals surface area contributed by atoms with Crippen LogP contribution in [0.25, 0.3) is 6.08 Å². The Kier molecular flexibility index (Phi) is 4.22. The summed E-state index contributed by atoms with van der Waals surface area (Å²) in [6.07, 6.45) is 3.89. The zero-order valence-corrected chi connectivity index (χ0v) is 8.69. The molecule has 0 aliphatic heterocycles. The summed E-state index contributed by atoms with van der Waals surface area (Å²) in [7, 11) is 3.18. The van der Waals surface area contributed by atoms with Crippen molar-refractivity contribution in [2.24, 2.45) is 0 Å². The first kappa shape index (κ1) is 11.1. The van der Waals surface area contributed by atoms with Crippen LogP contribution in [0.1, 0.15) is 5.56 Å². The van der Waals surface area contributed by atoms with Gasteiger partial charge in [-0.25, -0.2) is 0 Å². The predicted octanol–water partition coefficient (Wildman–Crippen LogP) is 1.42. The molecule has 0 saturated heterocycles. The van der Waals surface area contributed by atoms with Crippen molar-refractivity contribution >= 4 is 12.5 Å². The number of rotatable bonds is 5. The molecule has 0 radical (unpaired) electrons. The Labute approximate surface area is 88.5 Å². The van der Waals surface area contributed by atoms with Crippen LogP contribution in [-0.2, 0) is 4.79 Å². The van der Waals surface area contributed by atoms with Gasteiger partial charge in [0, 0.05) is 17.8 Å². The van der Waals surface area contributed by atoms with Crippen molar-refractivity contribution in [3.63, 3.8) is 0 Å². The van der Waals surface area contributed by atoms with E-state index in [1.807, 2.05) is 12.1 Å². The number of methoxy groups -OCH3 is 2. The minimum atomic E-state index is 0.604. The van der Waals surface area contributed by atoms with Gasteiger partial charge >= 0.3 is 0 Å². The third kappa shape index (κ3) is 3.02. The predicted molar refractivity (Wildman–Crippen MR) is 57.8 cm³/mol. The fourth-order valence-corrected chi connectivity index (χ4v) is 1.13. The highest BCUT2D eigenvalue weighted by atomic mass is 16.5. The molecule has 1 amide bonds. The first-order valence-electron chi connectivity index (χ1n) is 4.40. The molecule has 4 nitrogen and oxygen atoms in total. The quantitative estimate of drug-likeness (QED) is 0.743. The van der Waals surface area contributed by atoms with Gasteiger partial charge in [-0.1, -0.05) is 0 Å². The molecule has 0 aliphatic carbocycles. The van der Waals surface area contributed by atoms with Crippen LogP contribution in [0.5, 0.6) is 11.5 Å². The van der Waals surface area contributed by atoms with Crippen molar-refractivity contribution in [3.05, 3.63) is 30.0 Å². The van der Waals surface area contributed by atoms with Crippen LogP contribution >= 0.6 is 0 Å². The normalized spacial score (nSPS) is 10.0. The molecule has 0 bridgehead atoms. The van der Waals surface area contributed by atoms with E-state index in [1.165, 1.54) is 6.20 Å². The Morgan fingerprint density at radius 3 is 2.67 bits per heavy atom. The molecule has 0 spiro atoms. The summed E-state index contributed by atoms with van der Waals surface area (Å²) in [6, 6.07) is 5.45. The van der Waals surface area contributed by atoms with Gasteiger partial charge in [0.15, 0.2) is 0 Å². The number of ether oxygens (including phenoxy) is 2. The van der Waals surface area contributed by atoms with Crippen LogP contribution in [0.2, 0.25) is 0 Å². The fourth-order valence-electron chi connectivity index (χ4n) is 1.13. The summed E-state index contributed by atoms with van der Waals surface area (Å²) in [5.41, 5.74) is 0.868. The summed E-state index contributed by atoms with van der Waals surface area (Å²) in [6.45, 7) is 0. The van der Waals surface area contributed by atoms with Gasteiger partial charge < -0.3 is 14.8 Å². The Morgan fingerprint density at radius 2 is 2.07 bits per heavy atom. The first-order valence-corrected chi connectivity index (χ1v) is 4.40. The second kappa shape index (κ2) is 5.70. The van der Waals surface area contributed by atoms with Gasteiger partial charge in [-0.05, 0) is 18.2 Å².